The van der Waals surface area contributed by atoms with Gasteiger partial charge >= 0.3 is 0 Å². The van der Waals surface area contributed by atoms with Crippen molar-refractivity contribution < 1.29 is 4.74 Å². The van der Waals surface area contributed by atoms with Gasteiger partial charge in [-0.1, -0.05) is 61.0 Å². The third-order valence-electron chi connectivity index (χ3n) is 6.86. The first kappa shape index (κ1) is 25.4. The van der Waals surface area contributed by atoms with Gasteiger partial charge in [0.15, 0.2) is 5.82 Å². The maximum Gasteiger partial charge on any atom is 0.252 e. The standard InChI is InChI=1S/C30H32N6O2/c1-4-28(29-32-33-34-36(29)19-22-8-6-5-7-9-22)35(18-23-11-13-26(38-3)14-12-23)20-25-17-24-16-21(2)10-15-27(24)31-30(25)37/h5-17,28H,4,18-20H2,1-3H3,(H,31,37)/t28-/m0/s1. The fourth-order valence-electron chi connectivity index (χ4n) is 4.87. The summed E-state index contributed by atoms with van der Waals surface area (Å²) in [6.07, 6.45) is 0.774. The topological polar surface area (TPSA) is 88.9 Å². The molecule has 1 atom stereocenters. The van der Waals surface area contributed by atoms with E-state index in [4.69, 9.17) is 4.74 Å². The molecule has 194 valence electrons. The van der Waals surface area contributed by atoms with Gasteiger partial charge in [0, 0.05) is 24.2 Å². The van der Waals surface area contributed by atoms with Crippen LogP contribution in [0, 0.1) is 6.92 Å². The summed E-state index contributed by atoms with van der Waals surface area (Å²) in [5.41, 5.74) is 4.84. The highest BCUT2D eigenvalue weighted by atomic mass is 16.5. The van der Waals surface area contributed by atoms with Gasteiger partial charge < -0.3 is 9.72 Å². The van der Waals surface area contributed by atoms with Crippen LogP contribution in [0.3, 0.4) is 0 Å². The van der Waals surface area contributed by atoms with E-state index in [0.29, 0.717) is 25.2 Å². The molecule has 1 N–H and O–H groups in total. The molecule has 8 nitrogen and oxygen atoms in total. The van der Waals surface area contributed by atoms with Crippen molar-refractivity contribution in [2.24, 2.45) is 0 Å². The van der Waals surface area contributed by atoms with Gasteiger partial charge in [0.1, 0.15) is 5.75 Å². The predicted molar refractivity (Wildman–Crippen MR) is 148 cm³/mol. The van der Waals surface area contributed by atoms with Gasteiger partial charge in [0.2, 0.25) is 0 Å². The van der Waals surface area contributed by atoms with E-state index in [0.717, 1.165) is 45.6 Å². The Kier molecular flexibility index (Phi) is 7.60. The monoisotopic (exact) mass is 508 g/mol. The summed E-state index contributed by atoms with van der Waals surface area (Å²) >= 11 is 0. The van der Waals surface area contributed by atoms with Crippen molar-refractivity contribution in [3.8, 4) is 5.75 Å². The number of rotatable bonds is 10. The van der Waals surface area contributed by atoms with Crippen LogP contribution in [-0.2, 0) is 19.6 Å². The first-order valence-corrected chi connectivity index (χ1v) is 12.8. The Bertz CT molecular complexity index is 1560. The Morgan fingerprint density at radius 1 is 0.974 bits per heavy atom. The molecule has 0 bridgehead atoms. The molecular formula is C30H32N6O2. The minimum atomic E-state index is -0.108. The van der Waals surface area contributed by atoms with Gasteiger partial charge in [-0.25, -0.2) is 4.68 Å². The van der Waals surface area contributed by atoms with E-state index in [1.165, 1.54) is 0 Å². The van der Waals surface area contributed by atoms with Gasteiger partial charge in [-0.05, 0) is 70.6 Å². The van der Waals surface area contributed by atoms with Crippen molar-refractivity contribution in [1.29, 1.82) is 0 Å². The average Bonchev–Trinajstić information content (AvgIpc) is 3.38. The van der Waals surface area contributed by atoms with Crippen LogP contribution in [0.2, 0.25) is 0 Å². The number of aromatic amines is 1. The Morgan fingerprint density at radius 2 is 1.76 bits per heavy atom. The second-order valence-corrected chi connectivity index (χ2v) is 9.57. The predicted octanol–water partition coefficient (Wildman–Crippen LogP) is 5.03. The number of hydrogen-bond donors (Lipinski definition) is 1. The summed E-state index contributed by atoms with van der Waals surface area (Å²) in [6.45, 7) is 5.82. The lowest BCUT2D eigenvalue weighted by atomic mass is 10.1. The van der Waals surface area contributed by atoms with Crippen LogP contribution in [-0.4, -0.2) is 37.2 Å². The number of ether oxygens (including phenoxy) is 1. The molecule has 2 aromatic heterocycles. The lowest BCUT2D eigenvalue weighted by molar-refractivity contribution is 0.161. The summed E-state index contributed by atoms with van der Waals surface area (Å²) in [7, 11) is 1.66. The number of benzene rings is 3. The minimum Gasteiger partial charge on any atom is -0.497 e. The molecule has 5 aromatic rings. The Labute approximate surface area is 221 Å². The molecule has 0 fully saturated rings. The largest absolute Gasteiger partial charge is 0.497 e. The van der Waals surface area contributed by atoms with Crippen molar-refractivity contribution >= 4 is 10.9 Å². The zero-order valence-corrected chi connectivity index (χ0v) is 22.0. The summed E-state index contributed by atoms with van der Waals surface area (Å²) < 4.78 is 7.21. The van der Waals surface area contributed by atoms with Gasteiger partial charge in [-0.15, -0.1) is 5.10 Å². The van der Waals surface area contributed by atoms with Gasteiger partial charge in [-0.3, -0.25) is 9.69 Å². The summed E-state index contributed by atoms with van der Waals surface area (Å²) in [6, 6.07) is 26.1. The number of nitrogens with one attached hydrogen (secondary N) is 1. The molecule has 0 radical (unpaired) electrons. The minimum absolute atomic E-state index is 0.0835. The molecule has 0 aliphatic heterocycles. The van der Waals surface area contributed by atoms with E-state index in [-0.39, 0.29) is 11.6 Å². The molecule has 0 unspecified atom stereocenters. The van der Waals surface area contributed by atoms with Crippen LogP contribution < -0.4 is 10.3 Å². The van der Waals surface area contributed by atoms with Crippen LogP contribution in [0.4, 0.5) is 0 Å². The SMILES string of the molecule is CC[C@@H](c1nnnn1Cc1ccccc1)N(Cc1ccc(OC)cc1)Cc1cc2cc(C)ccc2[nH]c1=O. The number of nitrogens with zero attached hydrogens (tertiary/aromatic N) is 5. The van der Waals surface area contributed by atoms with Crippen molar-refractivity contribution in [3.05, 3.63) is 117 Å². The van der Waals surface area contributed by atoms with Crippen molar-refractivity contribution in [2.75, 3.05) is 7.11 Å². The highest BCUT2D eigenvalue weighted by molar-refractivity contribution is 5.79. The molecule has 0 amide bonds. The molecule has 5 rings (SSSR count). The first-order valence-electron chi connectivity index (χ1n) is 12.8. The van der Waals surface area contributed by atoms with Gasteiger partial charge in [-0.2, -0.15) is 0 Å². The van der Waals surface area contributed by atoms with Crippen LogP contribution in [0.5, 0.6) is 5.75 Å². The number of methoxy groups -OCH3 is 1. The summed E-state index contributed by atoms with van der Waals surface area (Å²) in [5, 5.41) is 13.8. The molecular weight excluding hydrogens is 476 g/mol. The molecule has 8 heteroatoms. The maximum absolute atomic E-state index is 13.2. The average molecular weight is 509 g/mol. The van der Waals surface area contributed by atoms with Gasteiger partial charge in [0.25, 0.3) is 5.56 Å². The first-order chi connectivity index (χ1) is 18.5. The number of H-pyrrole nitrogens is 1. The van der Waals surface area contributed by atoms with E-state index in [9.17, 15) is 4.79 Å². The van der Waals surface area contributed by atoms with Crippen molar-refractivity contribution in [3.63, 3.8) is 0 Å². The van der Waals surface area contributed by atoms with E-state index in [1.54, 1.807) is 7.11 Å². The van der Waals surface area contributed by atoms with Crippen LogP contribution in [0.1, 0.15) is 47.5 Å². The number of hydrogen-bond acceptors (Lipinski definition) is 6. The highest BCUT2D eigenvalue weighted by Gasteiger charge is 2.26. The lowest BCUT2D eigenvalue weighted by Gasteiger charge is -2.30. The lowest BCUT2D eigenvalue weighted by Crippen LogP contribution is -2.32. The molecule has 2 heterocycles. The second kappa shape index (κ2) is 11.4. The molecule has 38 heavy (non-hydrogen) atoms. The van der Waals surface area contributed by atoms with E-state index >= 15 is 0 Å². The van der Waals surface area contributed by atoms with E-state index in [2.05, 4.69) is 69.6 Å². The smallest absolute Gasteiger partial charge is 0.252 e. The zero-order valence-electron chi connectivity index (χ0n) is 22.0. The maximum atomic E-state index is 13.2. The van der Waals surface area contributed by atoms with E-state index < -0.39 is 0 Å². The molecule has 0 saturated heterocycles. The third-order valence-corrected chi connectivity index (χ3v) is 6.86. The molecule has 0 aliphatic rings. The van der Waals surface area contributed by atoms with E-state index in [1.807, 2.05) is 53.2 Å². The number of aryl methyl sites for hydroxylation is 1. The zero-order chi connectivity index (χ0) is 26.5. The number of fused-ring (bicyclic) bond motifs is 1. The number of aromatic nitrogens is 5. The Morgan fingerprint density at radius 3 is 2.50 bits per heavy atom. The van der Waals surface area contributed by atoms with Gasteiger partial charge in [0.05, 0.1) is 19.7 Å². The quantitative estimate of drug-likeness (QED) is 0.285. The third kappa shape index (κ3) is 5.65. The molecule has 0 spiro atoms. The highest BCUT2D eigenvalue weighted by Crippen LogP contribution is 2.27. The normalized spacial score (nSPS) is 12.2. The van der Waals surface area contributed by atoms with Crippen LogP contribution in [0.25, 0.3) is 10.9 Å². The Balaban J connectivity index is 1.52. The number of tetrazole rings is 1. The molecule has 3 aromatic carbocycles. The molecule has 0 saturated carbocycles. The van der Waals surface area contributed by atoms with Crippen molar-refractivity contribution in [2.45, 2.75) is 45.9 Å². The fourth-order valence-corrected chi connectivity index (χ4v) is 4.87. The van der Waals surface area contributed by atoms with Crippen LogP contribution in [0.15, 0.2) is 83.7 Å². The fraction of sp³-hybridized carbons (Fsp3) is 0.267. The summed E-state index contributed by atoms with van der Waals surface area (Å²) in [4.78, 5) is 18.5. The summed E-state index contributed by atoms with van der Waals surface area (Å²) in [5.74, 6) is 1.58. The second-order valence-electron chi connectivity index (χ2n) is 9.57. The Hall–Kier alpha value is -4.30. The van der Waals surface area contributed by atoms with Crippen LogP contribution >= 0.6 is 0 Å². The van der Waals surface area contributed by atoms with Crippen molar-refractivity contribution in [1.82, 2.24) is 30.1 Å². The molecule has 0 aliphatic carbocycles. The number of pyridine rings is 1.